The fraction of sp³-hybridized carbons (Fsp3) is 0.462. The van der Waals surface area contributed by atoms with Crippen LogP contribution in [-0.4, -0.2) is 60.9 Å². The van der Waals surface area contributed by atoms with E-state index in [1.807, 2.05) is 29.2 Å². The molecule has 0 unspecified atom stereocenters. The number of rotatable bonds is 10. The van der Waals surface area contributed by atoms with E-state index in [1.165, 1.54) is 16.0 Å². The van der Waals surface area contributed by atoms with Gasteiger partial charge in [0.1, 0.15) is 0 Å². The molecule has 1 aliphatic heterocycles. The van der Waals surface area contributed by atoms with Gasteiger partial charge in [-0.25, -0.2) is 4.98 Å². The molecule has 1 aliphatic rings. The van der Waals surface area contributed by atoms with Crippen LogP contribution in [0.3, 0.4) is 0 Å². The van der Waals surface area contributed by atoms with Crippen LogP contribution in [0.15, 0.2) is 41.3 Å². The Balaban J connectivity index is 1.39. The molecule has 1 fully saturated rings. The first-order chi connectivity index (χ1) is 16.5. The lowest BCUT2D eigenvalue weighted by Crippen LogP contribution is -2.39. The summed E-state index contributed by atoms with van der Waals surface area (Å²) in [6.07, 6.45) is 2.28. The summed E-state index contributed by atoms with van der Waals surface area (Å²) in [7, 11) is 0. The molecule has 4 rings (SSSR count). The molecule has 0 saturated carbocycles. The van der Waals surface area contributed by atoms with Crippen LogP contribution in [0.4, 0.5) is 5.13 Å². The molecule has 0 spiro atoms. The molecular formula is C26H32ClN3O2S2. The Morgan fingerprint density at radius 3 is 2.65 bits per heavy atom. The van der Waals surface area contributed by atoms with Gasteiger partial charge in [0, 0.05) is 42.5 Å². The maximum absolute atomic E-state index is 13.3. The molecule has 0 bridgehead atoms. The first kappa shape index (κ1) is 25.5. The van der Waals surface area contributed by atoms with Crippen LogP contribution in [0.2, 0.25) is 5.02 Å². The van der Waals surface area contributed by atoms with Crippen molar-refractivity contribution in [2.24, 2.45) is 0 Å². The number of carbonyl (C=O) groups is 1. The molecule has 1 saturated heterocycles. The number of aromatic nitrogens is 1. The number of thiazole rings is 1. The first-order valence-electron chi connectivity index (χ1n) is 11.9. The fourth-order valence-corrected chi connectivity index (χ4v) is 6.03. The molecule has 182 valence electrons. The number of hydrogen-bond acceptors (Lipinski definition) is 6. The largest absolute Gasteiger partial charge is 0.379 e. The number of nitrogens with zero attached hydrogens (tertiary/aromatic N) is 3. The van der Waals surface area contributed by atoms with Crippen LogP contribution in [0, 0.1) is 13.8 Å². The molecule has 5 nitrogen and oxygen atoms in total. The van der Waals surface area contributed by atoms with Gasteiger partial charge in [-0.1, -0.05) is 22.9 Å². The van der Waals surface area contributed by atoms with E-state index in [1.54, 1.807) is 23.1 Å². The third kappa shape index (κ3) is 6.95. The van der Waals surface area contributed by atoms with Gasteiger partial charge in [0.15, 0.2) is 5.13 Å². The minimum atomic E-state index is 0.159. The van der Waals surface area contributed by atoms with Crippen LogP contribution < -0.4 is 4.90 Å². The van der Waals surface area contributed by atoms with Crippen molar-refractivity contribution in [2.45, 2.75) is 38.0 Å². The third-order valence-electron chi connectivity index (χ3n) is 6.10. The zero-order valence-electron chi connectivity index (χ0n) is 19.9. The minimum Gasteiger partial charge on any atom is -0.379 e. The van der Waals surface area contributed by atoms with Crippen LogP contribution >= 0.6 is 34.7 Å². The zero-order valence-corrected chi connectivity index (χ0v) is 22.3. The lowest BCUT2D eigenvalue weighted by Gasteiger charge is -2.27. The summed E-state index contributed by atoms with van der Waals surface area (Å²) in [6, 6.07) is 12.2. The van der Waals surface area contributed by atoms with E-state index in [0.29, 0.717) is 13.0 Å². The second-order valence-corrected chi connectivity index (χ2v) is 11.3. The molecule has 2 aromatic carbocycles. The number of ether oxygens (including phenoxy) is 1. The van der Waals surface area contributed by atoms with E-state index in [0.717, 1.165) is 71.8 Å². The molecular weight excluding hydrogens is 486 g/mol. The Labute approximate surface area is 215 Å². The average Bonchev–Trinajstić information content (AvgIpc) is 3.23. The van der Waals surface area contributed by atoms with Crippen molar-refractivity contribution in [3.63, 3.8) is 0 Å². The number of benzene rings is 2. The highest BCUT2D eigenvalue weighted by Gasteiger charge is 2.20. The van der Waals surface area contributed by atoms with Crippen LogP contribution in [-0.2, 0) is 9.53 Å². The molecule has 8 heteroatoms. The van der Waals surface area contributed by atoms with Crippen LogP contribution in [0.1, 0.15) is 30.4 Å². The summed E-state index contributed by atoms with van der Waals surface area (Å²) in [5.74, 6) is 1.05. The van der Waals surface area contributed by atoms with Gasteiger partial charge in [-0.3, -0.25) is 14.6 Å². The highest BCUT2D eigenvalue weighted by molar-refractivity contribution is 7.99. The number of amides is 1. The standard InChI is InChI=1S/C26H32ClN3O2S2/c1-19-17-23-24(18-20(19)2)34-26(28-23)30(11-4-10-29-12-14-32-15-13-29)25(31)5-3-16-33-22-8-6-21(27)7-9-22/h6-9,17-18H,3-5,10-16H2,1-2H3. The maximum Gasteiger partial charge on any atom is 0.228 e. The third-order valence-corrected chi connectivity index (χ3v) is 8.49. The van der Waals surface area contributed by atoms with Crippen molar-refractivity contribution in [1.82, 2.24) is 9.88 Å². The quantitative estimate of drug-likeness (QED) is 0.237. The lowest BCUT2D eigenvalue weighted by molar-refractivity contribution is -0.118. The Morgan fingerprint density at radius 2 is 1.88 bits per heavy atom. The minimum absolute atomic E-state index is 0.159. The average molecular weight is 518 g/mol. The molecule has 0 radical (unpaired) electrons. The van der Waals surface area contributed by atoms with Crippen molar-refractivity contribution in [3.8, 4) is 0 Å². The maximum atomic E-state index is 13.3. The summed E-state index contributed by atoms with van der Waals surface area (Å²) < 4.78 is 6.60. The van der Waals surface area contributed by atoms with E-state index < -0.39 is 0 Å². The molecule has 3 aromatic rings. The smallest absolute Gasteiger partial charge is 0.228 e. The van der Waals surface area contributed by atoms with Crippen molar-refractivity contribution in [3.05, 3.63) is 52.5 Å². The van der Waals surface area contributed by atoms with Gasteiger partial charge in [0.05, 0.1) is 23.4 Å². The molecule has 1 amide bonds. The summed E-state index contributed by atoms with van der Waals surface area (Å²) in [5, 5.41) is 1.56. The number of fused-ring (bicyclic) bond motifs is 1. The molecule has 1 aromatic heterocycles. The summed E-state index contributed by atoms with van der Waals surface area (Å²) in [6.45, 7) is 9.43. The molecule has 2 heterocycles. The Bertz CT molecular complexity index is 1060. The summed E-state index contributed by atoms with van der Waals surface area (Å²) >= 11 is 9.36. The van der Waals surface area contributed by atoms with Gasteiger partial charge >= 0.3 is 0 Å². The van der Waals surface area contributed by atoms with Crippen molar-refractivity contribution >= 4 is 56.0 Å². The van der Waals surface area contributed by atoms with Crippen molar-refractivity contribution in [1.29, 1.82) is 0 Å². The normalized spacial score (nSPS) is 14.6. The highest BCUT2D eigenvalue weighted by Crippen LogP contribution is 2.31. The van der Waals surface area contributed by atoms with Crippen LogP contribution in [0.5, 0.6) is 0 Å². The van der Waals surface area contributed by atoms with E-state index in [9.17, 15) is 4.79 Å². The van der Waals surface area contributed by atoms with E-state index in [-0.39, 0.29) is 5.91 Å². The molecule has 0 atom stereocenters. The number of morpholine rings is 1. The number of hydrogen-bond donors (Lipinski definition) is 0. The predicted molar refractivity (Wildman–Crippen MR) is 145 cm³/mol. The Hall–Kier alpha value is -1.64. The second-order valence-electron chi connectivity index (χ2n) is 8.66. The van der Waals surface area contributed by atoms with Gasteiger partial charge in [0.2, 0.25) is 5.91 Å². The second kappa shape index (κ2) is 12.4. The topological polar surface area (TPSA) is 45.7 Å². The van der Waals surface area contributed by atoms with Gasteiger partial charge in [-0.15, -0.1) is 11.8 Å². The number of aryl methyl sites for hydroxylation is 2. The molecule has 0 N–H and O–H groups in total. The molecule has 0 aliphatic carbocycles. The van der Waals surface area contributed by atoms with E-state index in [2.05, 4.69) is 30.9 Å². The van der Waals surface area contributed by atoms with Crippen LogP contribution in [0.25, 0.3) is 10.2 Å². The number of carbonyl (C=O) groups excluding carboxylic acids is 1. The number of halogens is 1. The van der Waals surface area contributed by atoms with E-state index in [4.69, 9.17) is 21.3 Å². The predicted octanol–water partition coefficient (Wildman–Crippen LogP) is 6.19. The fourth-order valence-electron chi connectivity index (χ4n) is 3.97. The highest BCUT2D eigenvalue weighted by atomic mass is 35.5. The van der Waals surface area contributed by atoms with Gasteiger partial charge in [0.25, 0.3) is 0 Å². The Kier molecular flexibility index (Phi) is 9.25. The van der Waals surface area contributed by atoms with Crippen molar-refractivity contribution in [2.75, 3.05) is 50.0 Å². The SMILES string of the molecule is Cc1cc2nc(N(CCCN3CCOCC3)C(=O)CCCSc3ccc(Cl)cc3)sc2cc1C. The van der Waals surface area contributed by atoms with Gasteiger partial charge in [-0.2, -0.15) is 0 Å². The zero-order chi connectivity index (χ0) is 23.9. The monoisotopic (exact) mass is 517 g/mol. The summed E-state index contributed by atoms with van der Waals surface area (Å²) in [4.78, 5) is 23.7. The molecule has 34 heavy (non-hydrogen) atoms. The van der Waals surface area contributed by atoms with Gasteiger partial charge < -0.3 is 4.74 Å². The summed E-state index contributed by atoms with van der Waals surface area (Å²) in [5.41, 5.74) is 3.47. The number of anilines is 1. The number of thioether (sulfide) groups is 1. The Morgan fingerprint density at radius 1 is 1.15 bits per heavy atom. The van der Waals surface area contributed by atoms with Gasteiger partial charge in [-0.05, 0) is 80.0 Å². The van der Waals surface area contributed by atoms with E-state index >= 15 is 0 Å². The van der Waals surface area contributed by atoms with Crippen molar-refractivity contribution < 1.29 is 9.53 Å². The lowest BCUT2D eigenvalue weighted by atomic mass is 10.1. The first-order valence-corrected chi connectivity index (χ1v) is 14.0.